The van der Waals surface area contributed by atoms with Crippen molar-refractivity contribution in [2.45, 2.75) is 0 Å². The van der Waals surface area contributed by atoms with Crippen LogP contribution in [-0.2, 0) is 94.7 Å². The van der Waals surface area contributed by atoms with Crippen molar-refractivity contribution in [3.05, 3.63) is 0 Å². The van der Waals surface area contributed by atoms with Crippen LogP contribution < -0.4 is 0 Å². The lowest BCUT2D eigenvalue weighted by Gasteiger charge is -2.09. The molecule has 0 fully saturated rings. The van der Waals surface area contributed by atoms with Gasteiger partial charge in [-0.05, 0) is 0 Å². The van der Waals surface area contributed by atoms with Crippen LogP contribution in [0.15, 0.2) is 0 Å². The molecular weight excluding hydrogens is 828 g/mol. The van der Waals surface area contributed by atoms with Gasteiger partial charge >= 0.3 is 0 Å². The van der Waals surface area contributed by atoms with E-state index in [0.29, 0.717) is 258 Å². The van der Waals surface area contributed by atoms with E-state index in [4.69, 9.17) is 99.8 Å². The molecular formula is C41H84O21. The predicted octanol–water partition coefficient (Wildman–Crippen LogP) is -0.0595. The van der Waals surface area contributed by atoms with E-state index in [1.165, 1.54) is 0 Å². The fourth-order valence-corrected chi connectivity index (χ4v) is 4.27. The van der Waals surface area contributed by atoms with E-state index in [2.05, 4.69) is 0 Å². The summed E-state index contributed by atoms with van der Waals surface area (Å²) >= 11 is 0. The van der Waals surface area contributed by atoms with Crippen molar-refractivity contribution in [2.75, 3.05) is 271 Å². The van der Waals surface area contributed by atoms with Crippen molar-refractivity contribution < 1.29 is 99.8 Å². The zero-order valence-corrected chi connectivity index (χ0v) is 37.9. The minimum Gasteiger partial charge on any atom is -0.394 e. The summed E-state index contributed by atoms with van der Waals surface area (Å²) in [6, 6.07) is 0. The van der Waals surface area contributed by atoms with Crippen LogP contribution in [0.3, 0.4) is 0 Å². The zero-order valence-electron chi connectivity index (χ0n) is 37.9. The van der Waals surface area contributed by atoms with Crippen LogP contribution in [0.1, 0.15) is 0 Å². The van der Waals surface area contributed by atoms with Gasteiger partial charge in [-0.1, -0.05) is 0 Å². The number of rotatable bonds is 59. The smallest absolute Gasteiger partial charge is 0.0701 e. The molecule has 0 spiro atoms. The van der Waals surface area contributed by atoms with E-state index >= 15 is 0 Å². The summed E-state index contributed by atoms with van der Waals surface area (Å²) < 4.78 is 108. The molecule has 62 heavy (non-hydrogen) atoms. The molecule has 0 aliphatic carbocycles. The predicted molar refractivity (Wildman–Crippen MR) is 225 cm³/mol. The molecule has 21 heteroatoms. The van der Waals surface area contributed by atoms with Gasteiger partial charge in [0.25, 0.3) is 0 Å². The highest BCUT2D eigenvalue weighted by Crippen LogP contribution is 1.89. The molecule has 0 rings (SSSR count). The topological polar surface area (TPSA) is 205 Å². The number of hydrogen-bond acceptors (Lipinski definition) is 21. The first-order valence-corrected chi connectivity index (χ1v) is 22.0. The molecule has 0 saturated heterocycles. The summed E-state index contributed by atoms with van der Waals surface area (Å²) in [4.78, 5) is 0. The molecule has 0 amide bonds. The van der Waals surface area contributed by atoms with Crippen LogP contribution in [0, 0.1) is 0 Å². The molecule has 0 radical (unpaired) electrons. The van der Waals surface area contributed by atoms with Crippen LogP contribution >= 0.6 is 0 Å². The van der Waals surface area contributed by atoms with Crippen molar-refractivity contribution in [1.29, 1.82) is 0 Å². The normalized spacial score (nSPS) is 11.7. The Morgan fingerprint density at radius 2 is 0.258 bits per heavy atom. The second-order valence-electron chi connectivity index (χ2n) is 12.4. The van der Waals surface area contributed by atoms with Crippen molar-refractivity contribution in [1.82, 2.24) is 0 Å². The lowest BCUT2D eigenvalue weighted by molar-refractivity contribution is -0.0314. The Kier molecular flexibility index (Phi) is 59.3. The second kappa shape index (κ2) is 60.2. The zero-order chi connectivity index (χ0) is 44.4. The van der Waals surface area contributed by atoms with E-state index in [1.54, 1.807) is 7.11 Å². The molecule has 0 saturated carbocycles. The minimum absolute atomic E-state index is 0.0202. The monoisotopic (exact) mass is 913 g/mol. The minimum atomic E-state index is 0.0202. The number of methoxy groups -OCH3 is 1. The molecule has 0 heterocycles. The lowest BCUT2D eigenvalue weighted by atomic mass is 10.6. The van der Waals surface area contributed by atoms with Gasteiger partial charge in [0, 0.05) is 7.11 Å². The third kappa shape index (κ3) is 59.2. The first-order chi connectivity index (χ1) is 30.9. The Hall–Kier alpha value is -0.840. The molecule has 0 aliphatic rings. The summed E-state index contributed by atoms with van der Waals surface area (Å²) in [6.45, 7) is 19.5. The highest BCUT2D eigenvalue weighted by Gasteiger charge is 1.99. The third-order valence-corrected chi connectivity index (χ3v) is 7.36. The summed E-state index contributed by atoms with van der Waals surface area (Å²) in [5.41, 5.74) is 0. The molecule has 1 N–H and O–H groups in total. The molecule has 0 unspecified atom stereocenters. The third-order valence-electron chi connectivity index (χ3n) is 7.36. The molecule has 0 aromatic carbocycles. The van der Waals surface area contributed by atoms with Gasteiger partial charge < -0.3 is 99.8 Å². The molecule has 374 valence electrons. The van der Waals surface area contributed by atoms with E-state index in [9.17, 15) is 0 Å². The Balaban J connectivity index is 3.06. The lowest BCUT2D eigenvalue weighted by Crippen LogP contribution is -2.16. The van der Waals surface area contributed by atoms with Crippen LogP contribution in [0.2, 0.25) is 0 Å². The van der Waals surface area contributed by atoms with Crippen LogP contribution in [0.25, 0.3) is 0 Å². The van der Waals surface area contributed by atoms with Crippen molar-refractivity contribution in [2.24, 2.45) is 0 Å². The van der Waals surface area contributed by atoms with Crippen LogP contribution in [-0.4, -0.2) is 276 Å². The second-order valence-corrected chi connectivity index (χ2v) is 12.4. The average molecular weight is 913 g/mol. The van der Waals surface area contributed by atoms with E-state index < -0.39 is 0 Å². The van der Waals surface area contributed by atoms with E-state index in [-0.39, 0.29) is 6.61 Å². The summed E-state index contributed by atoms with van der Waals surface area (Å²) in [7, 11) is 1.64. The van der Waals surface area contributed by atoms with Gasteiger partial charge in [0.1, 0.15) is 0 Å². The van der Waals surface area contributed by atoms with Gasteiger partial charge in [-0.25, -0.2) is 0 Å². The van der Waals surface area contributed by atoms with Gasteiger partial charge in [-0.3, -0.25) is 0 Å². The average Bonchev–Trinajstić information content (AvgIpc) is 3.28. The summed E-state index contributed by atoms with van der Waals surface area (Å²) in [5.74, 6) is 0. The van der Waals surface area contributed by atoms with Gasteiger partial charge in [0.2, 0.25) is 0 Å². The first kappa shape index (κ1) is 61.2. The highest BCUT2D eigenvalue weighted by molar-refractivity contribution is 4.41. The molecule has 0 aliphatic heterocycles. The SMILES string of the molecule is COCCOCCOCCOCCOCCOCCOCCOCCOCCOCCOCCOCCOCCOCCOCCOCCOCCOCCOCCOCCO. The number of hydrogen-bond donors (Lipinski definition) is 1. The molecule has 0 bridgehead atoms. The molecule has 0 aromatic heterocycles. The highest BCUT2D eigenvalue weighted by atomic mass is 16.6. The van der Waals surface area contributed by atoms with Crippen molar-refractivity contribution in [3.63, 3.8) is 0 Å². The molecule has 0 atom stereocenters. The fourth-order valence-electron chi connectivity index (χ4n) is 4.27. The largest absolute Gasteiger partial charge is 0.394 e. The maximum absolute atomic E-state index is 8.60. The van der Waals surface area contributed by atoms with Gasteiger partial charge in [-0.2, -0.15) is 0 Å². The fraction of sp³-hybridized carbons (Fsp3) is 1.00. The van der Waals surface area contributed by atoms with Crippen LogP contribution in [0.5, 0.6) is 0 Å². The Morgan fingerprint density at radius 3 is 0.355 bits per heavy atom. The Morgan fingerprint density at radius 1 is 0.161 bits per heavy atom. The van der Waals surface area contributed by atoms with E-state index in [1.807, 2.05) is 0 Å². The van der Waals surface area contributed by atoms with Crippen LogP contribution in [0.4, 0.5) is 0 Å². The van der Waals surface area contributed by atoms with Crippen molar-refractivity contribution in [3.8, 4) is 0 Å². The van der Waals surface area contributed by atoms with Gasteiger partial charge in [0.15, 0.2) is 0 Å². The summed E-state index contributed by atoms with van der Waals surface area (Å²) in [5, 5.41) is 8.60. The number of aliphatic hydroxyl groups is 1. The number of ether oxygens (including phenoxy) is 20. The molecule has 0 aromatic rings. The first-order valence-electron chi connectivity index (χ1n) is 22.0. The Bertz CT molecular complexity index is 706. The van der Waals surface area contributed by atoms with Gasteiger partial charge in [0.05, 0.1) is 264 Å². The molecule has 21 nitrogen and oxygen atoms in total. The van der Waals surface area contributed by atoms with Gasteiger partial charge in [-0.15, -0.1) is 0 Å². The quantitative estimate of drug-likeness (QED) is 0.0794. The van der Waals surface area contributed by atoms with Crippen molar-refractivity contribution >= 4 is 0 Å². The standard InChI is InChI=1S/C41H84O21/c1-43-4-5-45-8-9-47-12-13-49-16-17-51-20-21-53-24-25-55-28-29-57-32-33-59-36-37-61-40-41-62-39-38-60-35-34-58-31-30-56-27-26-54-23-22-52-19-18-50-15-14-48-11-10-46-7-6-44-3-2-42/h42H,2-41H2,1H3. The number of aliphatic hydroxyl groups excluding tert-OH is 1. The van der Waals surface area contributed by atoms with E-state index in [0.717, 1.165) is 0 Å². The summed E-state index contributed by atoms with van der Waals surface area (Å²) in [6.07, 6.45) is 0. The maximum Gasteiger partial charge on any atom is 0.0701 e. The Labute approximate surface area is 370 Å². The maximum atomic E-state index is 8.60.